The maximum atomic E-state index is 6.01. The van der Waals surface area contributed by atoms with Gasteiger partial charge in [-0.1, -0.05) is 0 Å². The number of morpholine rings is 1. The molecule has 1 spiro atoms. The van der Waals surface area contributed by atoms with Gasteiger partial charge in [0, 0.05) is 32.7 Å². The van der Waals surface area contributed by atoms with Crippen molar-refractivity contribution < 1.29 is 9.47 Å². The number of hydrogen-bond acceptors (Lipinski definition) is 5. The molecule has 1 atom stereocenters. The van der Waals surface area contributed by atoms with Crippen LogP contribution in [0.4, 0.5) is 0 Å². The van der Waals surface area contributed by atoms with E-state index in [1.54, 1.807) is 11.3 Å². The lowest BCUT2D eigenvalue weighted by Gasteiger charge is -2.41. The number of nitrogens with one attached hydrogen (secondary N) is 1. The van der Waals surface area contributed by atoms with Crippen LogP contribution in [0.2, 0.25) is 0 Å². The third-order valence-electron chi connectivity index (χ3n) is 3.55. The molecule has 3 heterocycles. The van der Waals surface area contributed by atoms with Crippen LogP contribution in [0.3, 0.4) is 0 Å². The molecule has 0 amide bonds. The van der Waals surface area contributed by atoms with E-state index >= 15 is 0 Å². The van der Waals surface area contributed by atoms with Crippen LogP contribution in [-0.4, -0.2) is 56.5 Å². The summed E-state index contributed by atoms with van der Waals surface area (Å²) in [5.41, 5.74) is 1.25. The Morgan fingerprint density at radius 2 is 2.44 bits per heavy atom. The van der Waals surface area contributed by atoms with Crippen LogP contribution in [0, 0.1) is 0 Å². The Balaban J connectivity index is 1.63. The van der Waals surface area contributed by atoms with Crippen molar-refractivity contribution in [2.24, 2.45) is 0 Å². The number of ether oxygens (including phenoxy) is 2. The summed E-state index contributed by atoms with van der Waals surface area (Å²) < 4.78 is 11.7. The second-order valence-electron chi connectivity index (χ2n) is 5.10. The lowest BCUT2D eigenvalue weighted by atomic mass is 10.0. The summed E-state index contributed by atoms with van der Waals surface area (Å²) in [6, 6.07) is 2.20. The van der Waals surface area contributed by atoms with E-state index in [1.165, 1.54) is 5.56 Å². The molecule has 1 aromatic heterocycles. The molecule has 5 heteroatoms. The standard InChI is InChI=1S/C13H20N2O2S/c1-6-18-8-12(1)7-15-3-5-17-13(10-15)9-14-2-4-16-11-13/h1,6,8,14H,2-5,7,9-11H2/t13-/m1/s1. The minimum atomic E-state index is -0.148. The SMILES string of the molecule is c1cc(CN2CCO[C@]3(CNCCOC3)C2)cs1. The lowest BCUT2D eigenvalue weighted by Crippen LogP contribution is -2.57. The van der Waals surface area contributed by atoms with Crippen LogP contribution < -0.4 is 5.32 Å². The summed E-state index contributed by atoms with van der Waals surface area (Å²) in [6.45, 7) is 7.11. The monoisotopic (exact) mass is 268 g/mol. The topological polar surface area (TPSA) is 33.7 Å². The van der Waals surface area contributed by atoms with Gasteiger partial charge in [0.2, 0.25) is 0 Å². The van der Waals surface area contributed by atoms with Gasteiger partial charge < -0.3 is 14.8 Å². The molecule has 2 saturated heterocycles. The van der Waals surface area contributed by atoms with Gasteiger partial charge in [0.1, 0.15) is 5.60 Å². The molecule has 4 nitrogen and oxygen atoms in total. The van der Waals surface area contributed by atoms with Crippen molar-refractivity contribution in [3.8, 4) is 0 Å². The average Bonchev–Trinajstić information content (AvgIpc) is 2.78. The highest BCUT2D eigenvalue weighted by Crippen LogP contribution is 2.21. The Morgan fingerprint density at radius 1 is 1.44 bits per heavy atom. The van der Waals surface area contributed by atoms with E-state index < -0.39 is 0 Å². The summed E-state index contributed by atoms with van der Waals surface area (Å²) >= 11 is 1.76. The molecule has 18 heavy (non-hydrogen) atoms. The van der Waals surface area contributed by atoms with Crippen molar-refractivity contribution in [3.63, 3.8) is 0 Å². The number of rotatable bonds is 2. The maximum Gasteiger partial charge on any atom is 0.116 e. The smallest absolute Gasteiger partial charge is 0.116 e. The van der Waals surface area contributed by atoms with Gasteiger partial charge in [-0.05, 0) is 22.4 Å². The zero-order valence-corrected chi connectivity index (χ0v) is 11.4. The fourth-order valence-corrected chi connectivity index (χ4v) is 3.32. The fraction of sp³-hybridized carbons (Fsp3) is 0.692. The molecule has 3 rings (SSSR count). The molecule has 0 aliphatic carbocycles. The Labute approximate surface area is 112 Å². The molecular weight excluding hydrogens is 248 g/mol. The van der Waals surface area contributed by atoms with Crippen molar-refractivity contribution in [2.75, 3.05) is 46.0 Å². The van der Waals surface area contributed by atoms with Gasteiger partial charge in [-0.2, -0.15) is 11.3 Å². The molecular formula is C13H20N2O2S. The molecule has 2 aliphatic rings. The quantitative estimate of drug-likeness (QED) is 0.865. The van der Waals surface area contributed by atoms with E-state index in [4.69, 9.17) is 9.47 Å². The second kappa shape index (κ2) is 5.67. The first-order valence-electron chi connectivity index (χ1n) is 6.52. The van der Waals surface area contributed by atoms with Gasteiger partial charge in [-0.3, -0.25) is 4.90 Å². The Bertz CT molecular complexity index is 361. The summed E-state index contributed by atoms with van der Waals surface area (Å²) in [4.78, 5) is 2.47. The van der Waals surface area contributed by atoms with E-state index in [2.05, 4.69) is 27.0 Å². The highest BCUT2D eigenvalue weighted by atomic mass is 32.1. The van der Waals surface area contributed by atoms with E-state index in [1.807, 2.05) is 0 Å². The minimum absolute atomic E-state index is 0.148. The molecule has 1 aromatic rings. The number of hydrogen-bond donors (Lipinski definition) is 1. The van der Waals surface area contributed by atoms with Crippen molar-refractivity contribution in [3.05, 3.63) is 22.4 Å². The van der Waals surface area contributed by atoms with E-state index in [-0.39, 0.29) is 5.60 Å². The van der Waals surface area contributed by atoms with Crippen LogP contribution >= 0.6 is 11.3 Å². The molecule has 1 N–H and O–H groups in total. The van der Waals surface area contributed by atoms with Gasteiger partial charge in [-0.25, -0.2) is 0 Å². The molecule has 2 fully saturated rings. The van der Waals surface area contributed by atoms with E-state index in [0.29, 0.717) is 6.61 Å². The second-order valence-corrected chi connectivity index (χ2v) is 5.88. The third-order valence-corrected chi connectivity index (χ3v) is 4.28. The first kappa shape index (κ1) is 12.6. The van der Waals surface area contributed by atoms with Gasteiger partial charge >= 0.3 is 0 Å². The molecule has 0 aromatic carbocycles. The highest BCUT2D eigenvalue weighted by molar-refractivity contribution is 7.07. The molecule has 2 aliphatic heterocycles. The zero-order valence-electron chi connectivity index (χ0n) is 10.6. The normalized spacial score (nSPS) is 30.4. The van der Waals surface area contributed by atoms with Crippen LogP contribution in [0.15, 0.2) is 16.8 Å². The first-order chi connectivity index (χ1) is 8.86. The van der Waals surface area contributed by atoms with E-state index in [9.17, 15) is 0 Å². The summed E-state index contributed by atoms with van der Waals surface area (Å²) in [5.74, 6) is 0. The van der Waals surface area contributed by atoms with Gasteiger partial charge in [0.25, 0.3) is 0 Å². The molecule has 100 valence electrons. The molecule has 0 bridgehead atoms. The van der Waals surface area contributed by atoms with Crippen LogP contribution in [0.25, 0.3) is 0 Å². The van der Waals surface area contributed by atoms with Crippen molar-refractivity contribution in [1.29, 1.82) is 0 Å². The third kappa shape index (κ3) is 2.92. The van der Waals surface area contributed by atoms with Gasteiger partial charge in [0.15, 0.2) is 0 Å². The Kier molecular flexibility index (Phi) is 3.96. The average molecular weight is 268 g/mol. The van der Waals surface area contributed by atoms with Gasteiger partial charge in [-0.15, -0.1) is 0 Å². The summed E-state index contributed by atoms with van der Waals surface area (Å²) in [6.07, 6.45) is 0. The summed E-state index contributed by atoms with van der Waals surface area (Å²) in [5, 5.41) is 7.78. The Hall–Kier alpha value is -0.460. The maximum absolute atomic E-state index is 6.01. The number of nitrogens with zero attached hydrogens (tertiary/aromatic N) is 1. The highest BCUT2D eigenvalue weighted by Gasteiger charge is 2.37. The zero-order chi connectivity index (χ0) is 12.3. The van der Waals surface area contributed by atoms with Crippen LogP contribution in [-0.2, 0) is 16.0 Å². The first-order valence-corrected chi connectivity index (χ1v) is 7.47. The van der Waals surface area contributed by atoms with Crippen LogP contribution in [0.1, 0.15) is 5.56 Å². The fourth-order valence-electron chi connectivity index (χ4n) is 2.66. The predicted octanol–water partition coefficient (Wildman–Crippen LogP) is 0.939. The largest absolute Gasteiger partial charge is 0.377 e. The lowest BCUT2D eigenvalue weighted by molar-refractivity contribution is -0.135. The minimum Gasteiger partial charge on any atom is -0.377 e. The van der Waals surface area contributed by atoms with Gasteiger partial charge in [0.05, 0.1) is 19.8 Å². The van der Waals surface area contributed by atoms with E-state index in [0.717, 1.165) is 45.9 Å². The van der Waals surface area contributed by atoms with Crippen LogP contribution in [0.5, 0.6) is 0 Å². The molecule has 0 radical (unpaired) electrons. The van der Waals surface area contributed by atoms with Crippen molar-refractivity contribution in [1.82, 2.24) is 10.2 Å². The summed E-state index contributed by atoms with van der Waals surface area (Å²) in [7, 11) is 0. The molecule has 0 unspecified atom stereocenters. The molecule has 0 saturated carbocycles. The van der Waals surface area contributed by atoms with Crippen molar-refractivity contribution in [2.45, 2.75) is 12.1 Å². The van der Waals surface area contributed by atoms with Crippen molar-refractivity contribution >= 4 is 11.3 Å². The Morgan fingerprint density at radius 3 is 3.33 bits per heavy atom. The predicted molar refractivity (Wildman–Crippen MR) is 72.0 cm³/mol. The number of thiophene rings is 1.